The van der Waals surface area contributed by atoms with Crippen LogP contribution >= 0.6 is 0 Å². The zero-order chi connectivity index (χ0) is 22.4. The summed E-state index contributed by atoms with van der Waals surface area (Å²) in [5, 5.41) is 0. The number of fused-ring (bicyclic) bond motifs is 1. The molecule has 2 aromatic rings. The quantitative estimate of drug-likeness (QED) is 0.479. The van der Waals surface area contributed by atoms with Gasteiger partial charge in [-0.1, -0.05) is 75.2 Å². The second-order valence-electron chi connectivity index (χ2n) is 7.75. The summed E-state index contributed by atoms with van der Waals surface area (Å²) < 4.78 is 28.3. The lowest BCUT2D eigenvalue weighted by molar-refractivity contribution is 0.101. The number of sulfonamides is 1. The van der Waals surface area contributed by atoms with Crippen LogP contribution < -0.4 is 0 Å². The van der Waals surface area contributed by atoms with E-state index in [0.29, 0.717) is 11.1 Å². The van der Waals surface area contributed by atoms with Gasteiger partial charge in [0.25, 0.3) is 10.0 Å². The molecule has 0 atom stereocenters. The van der Waals surface area contributed by atoms with E-state index in [2.05, 4.69) is 18.7 Å². The van der Waals surface area contributed by atoms with Crippen molar-refractivity contribution in [2.24, 2.45) is 0 Å². The molecule has 5 nitrogen and oxygen atoms in total. The van der Waals surface area contributed by atoms with Crippen molar-refractivity contribution in [3.63, 3.8) is 0 Å². The summed E-state index contributed by atoms with van der Waals surface area (Å²) in [7, 11) is -3.81. The monoisotopic (exact) mass is 440 g/mol. The van der Waals surface area contributed by atoms with Crippen LogP contribution in [0.3, 0.4) is 0 Å². The Morgan fingerprint density at radius 2 is 1.45 bits per heavy atom. The van der Waals surface area contributed by atoms with Crippen LogP contribution in [-0.2, 0) is 10.0 Å². The number of nitrogens with zero attached hydrogens (tertiary/aromatic N) is 2. The Bertz CT molecular complexity index is 1040. The van der Waals surface area contributed by atoms with Gasteiger partial charge < -0.3 is 4.90 Å². The molecule has 1 aliphatic rings. The van der Waals surface area contributed by atoms with Crippen molar-refractivity contribution >= 4 is 21.5 Å². The van der Waals surface area contributed by atoms with Gasteiger partial charge in [-0.2, -0.15) is 0 Å². The molecule has 0 amide bonds. The molecule has 0 unspecified atom stereocenters. The smallest absolute Gasteiger partial charge is 0.265 e. The van der Waals surface area contributed by atoms with E-state index in [9.17, 15) is 13.2 Å². The number of carbonyl (C=O) groups is 1. The Morgan fingerprint density at radius 1 is 0.871 bits per heavy atom. The van der Waals surface area contributed by atoms with Crippen molar-refractivity contribution in [2.75, 3.05) is 19.6 Å². The number of hydrogen-bond donors (Lipinski definition) is 0. The lowest BCUT2D eigenvalue weighted by atomic mass is 10.0. The molecule has 6 heteroatoms. The topological polar surface area (TPSA) is 57.7 Å². The Hall–Kier alpha value is -2.60. The standard InChI is InChI=1S/C25H32N2O3S/c1-4-7-18-26(19-8-5-2)23-21-16-12-13-17-22(21)31(29,30)27(6-3)24(23)25(28)20-14-10-9-11-15-20/h9-17H,4-8,18-19H2,1-3H3. The summed E-state index contributed by atoms with van der Waals surface area (Å²) >= 11 is 0. The molecule has 1 heterocycles. The highest BCUT2D eigenvalue weighted by Crippen LogP contribution is 2.40. The van der Waals surface area contributed by atoms with Crippen molar-refractivity contribution in [3.05, 3.63) is 71.4 Å². The maximum Gasteiger partial charge on any atom is 0.265 e. The first-order valence-corrected chi connectivity index (χ1v) is 12.6. The predicted octanol–water partition coefficient (Wildman–Crippen LogP) is 5.16. The molecule has 0 fully saturated rings. The first kappa shape index (κ1) is 23.1. The molecule has 3 rings (SSSR count). The third-order valence-corrected chi connectivity index (χ3v) is 7.53. The summed E-state index contributed by atoms with van der Waals surface area (Å²) in [4.78, 5) is 16.2. The van der Waals surface area contributed by atoms with Crippen LogP contribution in [0.2, 0.25) is 0 Å². The number of likely N-dealkylation sites (N-methyl/N-ethyl adjacent to an activating group) is 1. The highest BCUT2D eigenvalue weighted by molar-refractivity contribution is 7.89. The molecular formula is C25H32N2O3S. The van der Waals surface area contributed by atoms with Crippen molar-refractivity contribution < 1.29 is 13.2 Å². The Morgan fingerprint density at radius 3 is 2.03 bits per heavy atom. The van der Waals surface area contributed by atoms with Crippen LogP contribution in [0.25, 0.3) is 5.70 Å². The zero-order valence-electron chi connectivity index (χ0n) is 18.7. The number of allylic oxidation sites excluding steroid dienone is 1. The first-order valence-electron chi connectivity index (χ1n) is 11.2. The van der Waals surface area contributed by atoms with E-state index < -0.39 is 10.0 Å². The minimum atomic E-state index is -3.81. The van der Waals surface area contributed by atoms with Crippen molar-refractivity contribution in [1.82, 2.24) is 9.21 Å². The molecule has 166 valence electrons. The van der Waals surface area contributed by atoms with E-state index in [0.717, 1.165) is 44.5 Å². The van der Waals surface area contributed by atoms with E-state index in [1.807, 2.05) is 18.2 Å². The largest absolute Gasteiger partial charge is 0.369 e. The summed E-state index contributed by atoms with van der Waals surface area (Å²) in [6.45, 7) is 7.82. The minimum absolute atomic E-state index is 0.198. The molecule has 1 aliphatic heterocycles. The number of ketones is 1. The molecule has 0 saturated carbocycles. The number of Topliss-reactive ketones (excluding diaryl/α,β-unsaturated/α-hetero) is 1. The van der Waals surface area contributed by atoms with Crippen LogP contribution in [-0.4, -0.2) is 43.0 Å². The van der Waals surface area contributed by atoms with Gasteiger partial charge in [-0.15, -0.1) is 0 Å². The minimum Gasteiger partial charge on any atom is -0.369 e. The molecule has 0 bridgehead atoms. The maximum absolute atomic E-state index is 13.7. The Labute approximate surface area is 186 Å². The van der Waals surface area contributed by atoms with Gasteiger partial charge in [0.05, 0.1) is 10.6 Å². The van der Waals surface area contributed by atoms with Gasteiger partial charge in [-0.3, -0.25) is 9.10 Å². The maximum atomic E-state index is 13.7. The Balaban J connectivity index is 2.32. The van der Waals surface area contributed by atoms with E-state index in [-0.39, 0.29) is 22.9 Å². The lowest BCUT2D eigenvalue weighted by Gasteiger charge is -2.38. The average molecular weight is 441 g/mol. The SMILES string of the molecule is CCCCN(CCCC)C1=C(C(=O)c2ccccc2)N(CC)S(=O)(=O)c2ccccc21. The van der Waals surface area contributed by atoms with Crippen LogP contribution in [0.4, 0.5) is 0 Å². The van der Waals surface area contributed by atoms with Gasteiger partial charge in [-0.25, -0.2) is 8.42 Å². The molecular weight excluding hydrogens is 408 g/mol. The molecule has 2 aromatic carbocycles. The van der Waals surface area contributed by atoms with E-state index in [1.165, 1.54) is 4.31 Å². The number of benzene rings is 2. The normalized spacial score (nSPS) is 15.0. The highest BCUT2D eigenvalue weighted by Gasteiger charge is 2.40. The van der Waals surface area contributed by atoms with Gasteiger partial charge in [0.1, 0.15) is 5.70 Å². The van der Waals surface area contributed by atoms with Crippen LogP contribution in [0, 0.1) is 0 Å². The summed E-state index contributed by atoms with van der Waals surface area (Å²) in [5.41, 5.74) is 2.12. The van der Waals surface area contributed by atoms with Gasteiger partial charge >= 0.3 is 0 Å². The van der Waals surface area contributed by atoms with Crippen LogP contribution in [0.5, 0.6) is 0 Å². The number of hydrogen-bond acceptors (Lipinski definition) is 4. The predicted molar refractivity (Wildman–Crippen MR) is 125 cm³/mol. The molecule has 0 aromatic heterocycles. The second-order valence-corrected chi connectivity index (χ2v) is 9.58. The molecule has 0 aliphatic carbocycles. The number of unbranched alkanes of at least 4 members (excludes halogenated alkanes) is 2. The van der Waals surface area contributed by atoms with Gasteiger partial charge in [0, 0.05) is 30.8 Å². The molecule has 0 spiro atoms. The third-order valence-electron chi connectivity index (χ3n) is 5.60. The van der Waals surface area contributed by atoms with Gasteiger partial charge in [0.15, 0.2) is 0 Å². The van der Waals surface area contributed by atoms with Gasteiger partial charge in [-0.05, 0) is 25.8 Å². The number of carbonyl (C=O) groups excluding carboxylic acids is 1. The molecule has 31 heavy (non-hydrogen) atoms. The summed E-state index contributed by atoms with van der Waals surface area (Å²) in [6.07, 6.45) is 3.99. The molecule has 0 radical (unpaired) electrons. The fourth-order valence-electron chi connectivity index (χ4n) is 4.00. The molecule has 0 saturated heterocycles. The van der Waals surface area contributed by atoms with Crippen molar-refractivity contribution in [2.45, 2.75) is 51.3 Å². The Kier molecular flexibility index (Phi) is 7.55. The van der Waals surface area contributed by atoms with E-state index in [4.69, 9.17) is 0 Å². The summed E-state index contributed by atoms with van der Waals surface area (Å²) in [5.74, 6) is -0.256. The van der Waals surface area contributed by atoms with E-state index >= 15 is 0 Å². The average Bonchev–Trinajstić information content (AvgIpc) is 2.79. The third kappa shape index (κ3) is 4.54. The zero-order valence-corrected chi connectivity index (χ0v) is 19.5. The first-order chi connectivity index (χ1) is 15.0. The molecule has 0 N–H and O–H groups in total. The van der Waals surface area contributed by atoms with Crippen molar-refractivity contribution in [1.29, 1.82) is 0 Å². The van der Waals surface area contributed by atoms with Crippen LogP contribution in [0.15, 0.2) is 65.2 Å². The highest BCUT2D eigenvalue weighted by atomic mass is 32.2. The second kappa shape index (κ2) is 10.1. The van der Waals surface area contributed by atoms with Crippen molar-refractivity contribution in [3.8, 4) is 0 Å². The summed E-state index contributed by atoms with van der Waals surface area (Å²) in [6, 6.07) is 16.0. The van der Waals surface area contributed by atoms with Gasteiger partial charge in [0.2, 0.25) is 5.78 Å². The van der Waals surface area contributed by atoms with Crippen LogP contribution in [0.1, 0.15) is 62.4 Å². The fourth-order valence-corrected chi connectivity index (χ4v) is 5.68. The van der Waals surface area contributed by atoms with E-state index in [1.54, 1.807) is 43.3 Å². The fraction of sp³-hybridized carbons (Fsp3) is 0.400. The number of rotatable bonds is 10. The lowest BCUT2D eigenvalue weighted by Crippen LogP contribution is -2.41.